The number of nitrogens with zero attached hydrogens (tertiary/aromatic N) is 3. The molecule has 2 aromatic heterocycles. The number of nitrogens with one attached hydrogen (secondary N) is 1. The SMILES string of the molecule is CC(C)[C@@H](C)N(Cc1ccc(Cl)cc1)Cc1nc(C(=O)NCc2ccncc2)co1. The van der Waals surface area contributed by atoms with Gasteiger partial charge < -0.3 is 9.73 Å². The van der Waals surface area contributed by atoms with Crippen molar-refractivity contribution < 1.29 is 9.21 Å². The van der Waals surface area contributed by atoms with Crippen molar-refractivity contribution in [3.05, 3.63) is 82.8 Å². The molecule has 3 aromatic rings. The molecule has 30 heavy (non-hydrogen) atoms. The molecule has 0 spiro atoms. The highest BCUT2D eigenvalue weighted by Crippen LogP contribution is 2.19. The Morgan fingerprint density at radius 1 is 1.07 bits per heavy atom. The van der Waals surface area contributed by atoms with Crippen molar-refractivity contribution in [2.24, 2.45) is 5.92 Å². The van der Waals surface area contributed by atoms with Crippen LogP contribution in [0.15, 0.2) is 59.5 Å². The minimum absolute atomic E-state index is 0.261. The summed E-state index contributed by atoms with van der Waals surface area (Å²) < 4.78 is 5.61. The number of carbonyl (C=O) groups excluding carboxylic acids is 1. The summed E-state index contributed by atoms with van der Waals surface area (Å²) in [5, 5.41) is 3.57. The molecule has 1 amide bonds. The van der Waals surface area contributed by atoms with E-state index < -0.39 is 0 Å². The zero-order chi connectivity index (χ0) is 21.5. The molecule has 1 N–H and O–H groups in total. The van der Waals surface area contributed by atoms with Crippen LogP contribution in [0.3, 0.4) is 0 Å². The van der Waals surface area contributed by atoms with Crippen molar-refractivity contribution in [2.45, 2.75) is 46.4 Å². The highest BCUT2D eigenvalue weighted by Gasteiger charge is 2.21. The third-order valence-corrected chi connectivity index (χ3v) is 5.42. The number of amides is 1. The number of hydrogen-bond donors (Lipinski definition) is 1. The average Bonchev–Trinajstić information content (AvgIpc) is 3.22. The number of aromatic nitrogens is 2. The fourth-order valence-electron chi connectivity index (χ4n) is 3.02. The lowest BCUT2D eigenvalue weighted by Crippen LogP contribution is -2.36. The first-order valence-electron chi connectivity index (χ1n) is 10.0. The lowest BCUT2D eigenvalue weighted by molar-refractivity contribution is 0.0945. The van der Waals surface area contributed by atoms with Crippen molar-refractivity contribution in [3.63, 3.8) is 0 Å². The molecule has 0 aliphatic rings. The van der Waals surface area contributed by atoms with Crippen molar-refractivity contribution in [2.75, 3.05) is 0 Å². The molecule has 6 nitrogen and oxygen atoms in total. The molecule has 2 heterocycles. The number of benzene rings is 1. The highest BCUT2D eigenvalue weighted by molar-refractivity contribution is 6.30. The van der Waals surface area contributed by atoms with E-state index in [0.717, 1.165) is 22.7 Å². The Bertz CT molecular complexity index is 941. The number of hydrogen-bond acceptors (Lipinski definition) is 5. The highest BCUT2D eigenvalue weighted by atomic mass is 35.5. The molecule has 158 valence electrons. The van der Waals surface area contributed by atoms with E-state index in [1.165, 1.54) is 6.26 Å². The number of halogens is 1. The maximum atomic E-state index is 12.4. The van der Waals surface area contributed by atoms with Crippen LogP contribution in [-0.4, -0.2) is 26.8 Å². The van der Waals surface area contributed by atoms with Gasteiger partial charge in [-0.2, -0.15) is 0 Å². The Morgan fingerprint density at radius 2 is 1.77 bits per heavy atom. The number of pyridine rings is 1. The standard InChI is InChI=1S/C23H27ClN4O2/c1-16(2)17(3)28(13-19-4-6-20(24)7-5-19)14-22-27-21(15-30-22)23(29)26-12-18-8-10-25-11-9-18/h4-11,15-17H,12-14H2,1-3H3,(H,26,29)/t17-/m1/s1. The van der Waals surface area contributed by atoms with E-state index in [0.29, 0.717) is 30.9 Å². The van der Waals surface area contributed by atoms with Gasteiger partial charge in [-0.15, -0.1) is 0 Å². The molecule has 0 radical (unpaired) electrons. The summed E-state index contributed by atoms with van der Waals surface area (Å²) in [7, 11) is 0. The van der Waals surface area contributed by atoms with Gasteiger partial charge in [0.15, 0.2) is 5.69 Å². The van der Waals surface area contributed by atoms with Crippen LogP contribution in [-0.2, 0) is 19.6 Å². The Labute approximate surface area is 182 Å². The summed E-state index contributed by atoms with van der Waals surface area (Å²) in [4.78, 5) is 23.1. The quantitative estimate of drug-likeness (QED) is 0.537. The number of rotatable bonds is 9. The van der Waals surface area contributed by atoms with Gasteiger partial charge in [0.25, 0.3) is 5.91 Å². The summed E-state index contributed by atoms with van der Waals surface area (Å²) in [6, 6.07) is 11.9. The molecule has 3 rings (SSSR count). The van der Waals surface area contributed by atoms with Crippen LogP contribution in [0.5, 0.6) is 0 Å². The summed E-state index contributed by atoms with van der Waals surface area (Å²) in [5.41, 5.74) is 2.42. The van der Waals surface area contributed by atoms with Gasteiger partial charge in [-0.1, -0.05) is 37.6 Å². The van der Waals surface area contributed by atoms with Gasteiger partial charge in [-0.25, -0.2) is 4.98 Å². The molecule has 0 saturated heterocycles. The number of oxazole rings is 1. The Balaban J connectivity index is 1.65. The fourth-order valence-corrected chi connectivity index (χ4v) is 3.15. The van der Waals surface area contributed by atoms with E-state index in [9.17, 15) is 4.79 Å². The van der Waals surface area contributed by atoms with Crippen molar-refractivity contribution in [1.82, 2.24) is 20.2 Å². The van der Waals surface area contributed by atoms with Gasteiger partial charge >= 0.3 is 0 Å². The zero-order valence-electron chi connectivity index (χ0n) is 17.5. The van der Waals surface area contributed by atoms with Gasteiger partial charge in [-0.05, 0) is 48.2 Å². The Kier molecular flexibility index (Phi) is 7.60. The van der Waals surface area contributed by atoms with Crippen LogP contribution >= 0.6 is 11.6 Å². The minimum Gasteiger partial charge on any atom is -0.447 e. The van der Waals surface area contributed by atoms with Crippen molar-refractivity contribution >= 4 is 17.5 Å². The molecular weight excluding hydrogens is 400 g/mol. The molecule has 1 aromatic carbocycles. The van der Waals surface area contributed by atoms with E-state index in [4.69, 9.17) is 16.0 Å². The molecule has 7 heteroatoms. The molecule has 0 unspecified atom stereocenters. The van der Waals surface area contributed by atoms with E-state index >= 15 is 0 Å². The molecular formula is C23H27ClN4O2. The fraction of sp³-hybridized carbons (Fsp3) is 0.348. The Morgan fingerprint density at radius 3 is 2.43 bits per heavy atom. The minimum atomic E-state index is -0.261. The molecule has 0 aliphatic heterocycles. The lowest BCUT2D eigenvalue weighted by atomic mass is 10.0. The van der Waals surface area contributed by atoms with Gasteiger partial charge in [0.2, 0.25) is 5.89 Å². The molecule has 0 fully saturated rings. The van der Waals surface area contributed by atoms with Gasteiger partial charge in [0.05, 0.1) is 6.54 Å². The summed E-state index contributed by atoms with van der Waals surface area (Å²) in [6.07, 6.45) is 4.81. The molecule has 0 aliphatic carbocycles. The normalized spacial score (nSPS) is 12.3. The van der Waals surface area contributed by atoms with E-state index in [1.807, 2.05) is 36.4 Å². The zero-order valence-corrected chi connectivity index (χ0v) is 18.3. The molecule has 1 atom stereocenters. The number of carbonyl (C=O) groups is 1. The van der Waals surface area contributed by atoms with Crippen LogP contribution in [0.25, 0.3) is 0 Å². The third kappa shape index (κ3) is 6.15. The van der Waals surface area contributed by atoms with Gasteiger partial charge in [-0.3, -0.25) is 14.7 Å². The summed E-state index contributed by atoms with van der Waals surface area (Å²) in [6.45, 7) is 8.23. The third-order valence-electron chi connectivity index (χ3n) is 5.16. The van der Waals surface area contributed by atoms with Gasteiger partial charge in [0, 0.05) is 36.5 Å². The van der Waals surface area contributed by atoms with Crippen LogP contribution in [0, 0.1) is 5.92 Å². The second-order valence-corrected chi connectivity index (χ2v) is 8.12. The first kappa shape index (κ1) is 22.0. The largest absolute Gasteiger partial charge is 0.447 e. The van der Waals surface area contributed by atoms with E-state index in [2.05, 4.69) is 41.0 Å². The van der Waals surface area contributed by atoms with Gasteiger partial charge in [0.1, 0.15) is 6.26 Å². The van der Waals surface area contributed by atoms with Crippen LogP contribution < -0.4 is 5.32 Å². The van der Waals surface area contributed by atoms with E-state index in [1.54, 1.807) is 12.4 Å². The van der Waals surface area contributed by atoms with E-state index in [-0.39, 0.29) is 11.6 Å². The van der Waals surface area contributed by atoms with Crippen LogP contribution in [0.4, 0.5) is 0 Å². The van der Waals surface area contributed by atoms with Crippen LogP contribution in [0.2, 0.25) is 5.02 Å². The Hall–Kier alpha value is -2.70. The maximum absolute atomic E-state index is 12.4. The molecule has 0 bridgehead atoms. The monoisotopic (exact) mass is 426 g/mol. The second kappa shape index (κ2) is 10.4. The van der Waals surface area contributed by atoms with Crippen molar-refractivity contribution in [3.8, 4) is 0 Å². The molecule has 0 saturated carbocycles. The second-order valence-electron chi connectivity index (χ2n) is 7.68. The maximum Gasteiger partial charge on any atom is 0.273 e. The predicted octanol–water partition coefficient (Wildman–Crippen LogP) is 4.70. The summed E-state index contributed by atoms with van der Waals surface area (Å²) in [5.74, 6) is 0.712. The summed E-state index contributed by atoms with van der Waals surface area (Å²) >= 11 is 6.01. The lowest BCUT2D eigenvalue weighted by Gasteiger charge is -2.30. The topological polar surface area (TPSA) is 71.3 Å². The predicted molar refractivity (Wildman–Crippen MR) is 117 cm³/mol. The first-order valence-corrected chi connectivity index (χ1v) is 10.4. The first-order chi connectivity index (χ1) is 14.4. The smallest absolute Gasteiger partial charge is 0.273 e. The average molecular weight is 427 g/mol. The van der Waals surface area contributed by atoms with Crippen LogP contribution in [0.1, 0.15) is 48.3 Å². The van der Waals surface area contributed by atoms with Crippen molar-refractivity contribution in [1.29, 1.82) is 0 Å².